The number of rotatable bonds is 2. The van der Waals surface area contributed by atoms with E-state index in [2.05, 4.69) is 37.6 Å². The van der Waals surface area contributed by atoms with Crippen LogP contribution in [0.2, 0.25) is 0 Å². The minimum absolute atomic E-state index is 0.366. The number of hydrogen-bond acceptors (Lipinski definition) is 3. The molecule has 118 valence electrons. The third-order valence-corrected chi connectivity index (χ3v) is 4.70. The minimum atomic E-state index is 0.366. The lowest BCUT2D eigenvalue weighted by molar-refractivity contribution is 0.696. The van der Waals surface area contributed by atoms with Crippen LogP contribution in [0, 0.1) is 11.3 Å². The average molecular weight is 372 g/mol. The van der Waals surface area contributed by atoms with E-state index < -0.39 is 0 Å². The van der Waals surface area contributed by atoms with Gasteiger partial charge in [-0.3, -0.25) is 4.98 Å². The summed E-state index contributed by atoms with van der Waals surface area (Å²) >= 11 is 3.47. The van der Waals surface area contributed by atoms with Gasteiger partial charge in [-0.25, -0.2) is 4.99 Å². The van der Waals surface area contributed by atoms with E-state index in [9.17, 15) is 5.26 Å². The number of halogens is 1. The number of aliphatic imine (C=N–C) groups is 1. The Kier molecular flexibility index (Phi) is 4.77. The van der Waals surface area contributed by atoms with E-state index in [1.165, 1.54) is 12.8 Å². The SMILES string of the molecule is CC1=CNC(=NC2CCCC2)N/C1=C(/C#N)c1ncccc1Br. The van der Waals surface area contributed by atoms with Crippen LogP contribution in [0.5, 0.6) is 0 Å². The normalized spacial score (nSPS) is 22.1. The van der Waals surface area contributed by atoms with E-state index in [1.54, 1.807) is 6.20 Å². The standard InChI is InChI=1S/C17H18BrN5/c1-11-10-21-17(22-12-5-2-3-6-12)23-15(11)13(9-19)16-14(18)7-4-8-20-16/h4,7-8,10,12H,2-3,5-6H2,1H3,(H2,21,22,23)/b15-13-. The van der Waals surface area contributed by atoms with Crippen molar-refractivity contribution in [1.82, 2.24) is 15.6 Å². The van der Waals surface area contributed by atoms with Crippen LogP contribution in [-0.2, 0) is 0 Å². The van der Waals surface area contributed by atoms with E-state index in [0.717, 1.165) is 28.6 Å². The molecule has 6 heteroatoms. The van der Waals surface area contributed by atoms with Crippen molar-refractivity contribution in [3.05, 3.63) is 46.0 Å². The summed E-state index contributed by atoms with van der Waals surface area (Å²) in [7, 11) is 0. The van der Waals surface area contributed by atoms with Crippen LogP contribution in [0.25, 0.3) is 5.57 Å². The van der Waals surface area contributed by atoms with Crippen LogP contribution >= 0.6 is 15.9 Å². The molecule has 0 radical (unpaired) electrons. The summed E-state index contributed by atoms with van der Waals surface area (Å²) in [6.07, 6.45) is 8.31. The third-order valence-electron chi connectivity index (χ3n) is 4.06. The number of nitriles is 1. The molecule has 0 bridgehead atoms. The molecule has 1 aliphatic heterocycles. The highest BCUT2D eigenvalue weighted by atomic mass is 79.9. The Morgan fingerprint density at radius 3 is 2.91 bits per heavy atom. The van der Waals surface area contributed by atoms with Crippen molar-refractivity contribution >= 4 is 27.5 Å². The maximum atomic E-state index is 9.65. The molecule has 0 saturated heterocycles. The molecule has 0 atom stereocenters. The van der Waals surface area contributed by atoms with Crippen LogP contribution in [-0.4, -0.2) is 17.0 Å². The van der Waals surface area contributed by atoms with Crippen molar-refractivity contribution < 1.29 is 0 Å². The summed E-state index contributed by atoms with van der Waals surface area (Å²) in [6.45, 7) is 1.95. The lowest BCUT2D eigenvalue weighted by Gasteiger charge is -2.22. The highest BCUT2D eigenvalue weighted by molar-refractivity contribution is 9.10. The van der Waals surface area contributed by atoms with Gasteiger partial charge in [0.1, 0.15) is 11.6 Å². The van der Waals surface area contributed by atoms with Crippen LogP contribution in [0.3, 0.4) is 0 Å². The zero-order valence-electron chi connectivity index (χ0n) is 12.9. The first-order chi connectivity index (χ1) is 11.2. The van der Waals surface area contributed by atoms with Crippen molar-refractivity contribution in [2.75, 3.05) is 0 Å². The highest BCUT2D eigenvalue weighted by Crippen LogP contribution is 2.27. The van der Waals surface area contributed by atoms with Crippen molar-refractivity contribution in [2.24, 2.45) is 4.99 Å². The summed E-state index contributed by atoms with van der Waals surface area (Å²) in [5.74, 6) is 0.706. The van der Waals surface area contributed by atoms with Gasteiger partial charge in [-0.2, -0.15) is 5.26 Å². The van der Waals surface area contributed by atoms with E-state index in [-0.39, 0.29) is 0 Å². The van der Waals surface area contributed by atoms with Crippen molar-refractivity contribution in [3.63, 3.8) is 0 Å². The molecule has 2 aliphatic rings. The quantitative estimate of drug-likeness (QED) is 0.780. The zero-order valence-corrected chi connectivity index (χ0v) is 14.5. The van der Waals surface area contributed by atoms with Gasteiger partial charge in [0.05, 0.1) is 17.4 Å². The Morgan fingerprint density at radius 1 is 1.43 bits per heavy atom. The molecule has 1 aliphatic carbocycles. The van der Waals surface area contributed by atoms with Gasteiger partial charge >= 0.3 is 0 Å². The van der Waals surface area contributed by atoms with E-state index in [4.69, 9.17) is 4.99 Å². The van der Waals surface area contributed by atoms with Crippen LogP contribution in [0.1, 0.15) is 38.3 Å². The van der Waals surface area contributed by atoms with Crippen LogP contribution in [0.4, 0.5) is 0 Å². The Morgan fingerprint density at radius 2 is 2.22 bits per heavy atom. The first kappa shape index (κ1) is 15.8. The molecular weight excluding hydrogens is 354 g/mol. The number of nitrogens with zero attached hydrogens (tertiary/aromatic N) is 3. The molecule has 1 fully saturated rings. The molecule has 0 spiro atoms. The van der Waals surface area contributed by atoms with Gasteiger partial charge in [0.25, 0.3) is 0 Å². The Bertz CT molecular complexity index is 736. The van der Waals surface area contributed by atoms with E-state index in [0.29, 0.717) is 23.3 Å². The number of hydrogen-bond donors (Lipinski definition) is 2. The lowest BCUT2D eigenvalue weighted by atomic mass is 10.1. The first-order valence-corrected chi connectivity index (χ1v) is 8.52. The molecule has 5 nitrogen and oxygen atoms in total. The fourth-order valence-electron chi connectivity index (χ4n) is 2.84. The summed E-state index contributed by atoms with van der Waals surface area (Å²) < 4.78 is 0.798. The summed E-state index contributed by atoms with van der Waals surface area (Å²) in [5, 5.41) is 16.1. The predicted octanol–water partition coefficient (Wildman–Crippen LogP) is 3.47. The minimum Gasteiger partial charge on any atom is -0.332 e. The van der Waals surface area contributed by atoms with Gasteiger partial charge in [0.15, 0.2) is 5.96 Å². The van der Waals surface area contributed by atoms with Gasteiger partial charge in [0.2, 0.25) is 0 Å². The average Bonchev–Trinajstić information content (AvgIpc) is 3.06. The van der Waals surface area contributed by atoms with Crippen LogP contribution in [0.15, 0.2) is 45.3 Å². The molecule has 1 aromatic heterocycles. The summed E-state index contributed by atoms with van der Waals surface area (Å²) in [4.78, 5) is 9.06. The topological polar surface area (TPSA) is 73.1 Å². The maximum Gasteiger partial charge on any atom is 0.200 e. The number of allylic oxidation sites excluding steroid dienone is 2. The number of guanidine groups is 1. The van der Waals surface area contributed by atoms with Crippen molar-refractivity contribution in [3.8, 4) is 6.07 Å². The van der Waals surface area contributed by atoms with Crippen molar-refractivity contribution in [2.45, 2.75) is 38.6 Å². The largest absolute Gasteiger partial charge is 0.332 e. The second-order valence-electron chi connectivity index (χ2n) is 5.71. The first-order valence-electron chi connectivity index (χ1n) is 7.73. The predicted molar refractivity (Wildman–Crippen MR) is 94.2 cm³/mol. The number of aromatic nitrogens is 1. The van der Waals surface area contributed by atoms with Gasteiger partial charge in [0, 0.05) is 16.9 Å². The molecule has 0 amide bonds. The van der Waals surface area contributed by atoms with Gasteiger partial charge in [-0.1, -0.05) is 12.8 Å². The second kappa shape index (κ2) is 6.97. The maximum absolute atomic E-state index is 9.65. The number of nitrogens with one attached hydrogen (secondary N) is 2. The molecule has 2 heterocycles. The molecule has 1 aromatic rings. The van der Waals surface area contributed by atoms with Gasteiger partial charge in [-0.15, -0.1) is 0 Å². The van der Waals surface area contributed by atoms with Crippen LogP contribution < -0.4 is 10.6 Å². The molecule has 0 aromatic carbocycles. The number of pyridine rings is 1. The molecule has 0 unspecified atom stereocenters. The van der Waals surface area contributed by atoms with Crippen molar-refractivity contribution in [1.29, 1.82) is 5.26 Å². The molecular formula is C17H18BrN5. The molecule has 3 rings (SSSR count). The van der Waals surface area contributed by atoms with E-state index in [1.807, 2.05) is 25.3 Å². The highest BCUT2D eigenvalue weighted by Gasteiger charge is 2.21. The molecule has 23 heavy (non-hydrogen) atoms. The Balaban J connectivity index is 1.98. The fourth-order valence-corrected chi connectivity index (χ4v) is 3.30. The summed E-state index contributed by atoms with van der Waals surface area (Å²) in [6, 6.07) is 6.36. The Hall–Kier alpha value is -2.13. The van der Waals surface area contributed by atoms with Gasteiger partial charge in [-0.05, 0) is 53.4 Å². The fraction of sp³-hybridized carbons (Fsp3) is 0.353. The van der Waals surface area contributed by atoms with E-state index >= 15 is 0 Å². The summed E-state index contributed by atoms with van der Waals surface area (Å²) in [5.41, 5.74) is 2.84. The lowest BCUT2D eigenvalue weighted by Crippen LogP contribution is -2.39. The molecule has 1 saturated carbocycles. The Labute approximate surface area is 144 Å². The molecule has 2 N–H and O–H groups in total. The second-order valence-corrected chi connectivity index (χ2v) is 6.56. The zero-order chi connectivity index (χ0) is 16.2. The monoisotopic (exact) mass is 371 g/mol. The smallest absolute Gasteiger partial charge is 0.200 e. The van der Waals surface area contributed by atoms with Gasteiger partial charge < -0.3 is 10.6 Å². The third kappa shape index (κ3) is 3.45.